The van der Waals surface area contributed by atoms with Crippen molar-refractivity contribution >= 4 is 17.5 Å². The zero-order valence-corrected chi connectivity index (χ0v) is 15.8. The average Bonchev–Trinajstić information content (AvgIpc) is 3.37. The molecule has 1 spiro atoms. The van der Waals surface area contributed by atoms with E-state index in [-0.39, 0.29) is 17.9 Å². The van der Waals surface area contributed by atoms with Crippen molar-refractivity contribution in [3.63, 3.8) is 0 Å². The highest BCUT2D eigenvalue weighted by molar-refractivity contribution is 5.99. The molecule has 2 saturated heterocycles. The topological polar surface area (TPSA) is 71.8 Å². The van der Waals surface area contributed by atoms with Crippen LogP contribution in [0.2, 0.25) is 0 Å². The maximum absolute atomic E-state index is 13.2. The third-order valence-electron chi connectivity index (χ3n) is 5.90. The van der Waals surface area contributed by atoms with Crippen LogP contribution in [-0.2, 0) is 20.9 Å². The number of rotatable bonds is 4. The summed E-state index contributed by atoms with van der Waals surface area (Å²) in [4.78, 5) is 28.0. The zero-order valence-electron chi connectivity index (χ0n) is 15.8. The Kier molecular flexibility index (Phi) is 3.74. The first kappa shape index (κ1) is 17.3. The maximum atomic E-state index is 13.2. The molecule has 4 heterocycles. The molecule has 3 aliphatic heterocycles. The molecule has 2 aromatic rings. The molecule has 2 fully saturated rings. The van der Waals surface area contributed by atoms with E-state index in [1.165, 1.54) is 0 Å². The van der Waals surface area contributed by atoms with Crippen LogP contribution in [0.4, 0.5) is 5.69 Å². The smallest absolute Gasteiger partial charge is 0.231 e. The van der Waals surface area contributed by atoms with Gasteiger partial charge in [-0.1, -0.05) is 18.2 Å². The number of carbonyl (C=O) groups excluding carboxylic acids is 2. The number of hydrogen-bond acceptors (Lipinski definition) is 4. The van der Waals surface area contributed by atoms with Gasteiger partial charge in [0.1, 0.15) is 11.4 Å². The number of amides is 2. The Labute approximate surface area is 163 Å². The molecule has 1 aromatic heterocycles. The van der Waals surface area contributed by atoms with Crippen LogP contribution in [0.15, 0.2) is 53.2 Å². The first-order chi connectivity index (χ1) is 13.4. The number of furan rings is 1. The number of benzene rings is 1. The molecule has 0 saturated carbocycles. The van der Waals surface area contributed by atoms with E-state index in [1.54, 1.807) is 17.2 Å². The van der Waals surface area contributed by atoms with Gasteiger partial charge in [0.2, 0.25) is 11.8 Å². The van der Waals surface area contributed by atoms with E-state index in [0.717, 1.165) is 22.6 Å². The summed E-state index contributed by atoms with van der Waals surface area (Å²) in [6.07, 6.45) is 5.12. The Morgan fingerprint density at radius 2 is 2.07 bits per heavy atom. The minimum Gasteiger partial charge on any atom is -0.467 e. The number of carbonyl (C=O) groups is 2. The molecule has 5 rings (SSSR count). The second-order valence-electron chi connectivity index (χ2n) is 8.04. The van der Waals surface area contributed by atoms with Crippen molar-refractivity contribution in [1.82, 2.24) is 4.90 Å². The maximum Gasteiger partial charge on any atom is 0.231 e. The van der Waals surface area contributed by atoms with Crippen molar-refractivity contribution in [1.29, 1.82) is 0 Å². The van der Waals surface area contributed by atoms with Gasteiger partial charge in [-0.05, 0) is 49.2 Å². The third kappa shape index (κ3) is 2.59. The van der Waals surface area contributed by atoms with Crippen molar-refractivity contribution in [2.45, 2.75) is 32.1 Å². The molecule has 2 bridgehead atoms. The van der Waals surface area contributed by atoms with Crippen molar-refractivity contribution < 1.29 is 18.7 Å². The lowest BCUT2D eigenvalue weighted by atomic mass is 9.76. The van der Waals surface area contributed by atoms with Crippen LogP contribution >= 0.6 is 0 Å². The molecule has 0 aliphatic carbocycles. The van der Waals surface area contributed by atoms with E-state index in [2.05, 4.69) is 11.4 Å². The van der Waals surface area contributed by atoms with E-state index in [1.807, 2.05) is 44.2 Å². The number of fused-ring (bicyclic) bond motifs is 1. The summed E-state index contributed by atoms with van der Waals surface area (Å²) < 4.78 is 11.5. The summed E-state index contributed by atoms with van der Waals surface area (Å²) in [7, 11) is 0. The molecule has 28 heavy (non-hydrogen) atoms. The van der Waals surface area contributed by atoms with Gasteiger partial charge >= 0.3 is 0 Å². The van der Waals surface area contributed by atoms with Crippen LogP contribution in [-0.4, -0.2) is 35.0 Å². The second-order valence-corrected chi connectivity index (χ2v) is 8.04. The van der Waals surface area contributed by atoms with Crippen LogP contribution in [0.1, 0.15) is 16.9 Å². The Bertz CT molecular complexity index is 960. The van der Waals surface area contributed by atoms with E-state index >= 15 is 0 Å². The summed E-state index contributed by atoms with van der Waals surface area (Å²) in [5, 5.41) is 3.00. The SMILES string of the molecule is Cc1cc(C)cc(NC(=O)[C@H]2[C@H]3C=C[C@@]4(CN(Cc5ccco5)C(=O)[C@@H]24)O3)c1. The lowest BCUT2D eigenvalue weighted by Gasteiger charge is -2.23. The molecule has 0 radical (unpaired) electrons. The van der Waals surface area contributed by atoms with E-state index in [9.17, 15) is 9.59 Å². The van der Waals surface area contributed by atoms with Crippen molar-refractivity contribution in [3.05, 3.63) is 65.6 Å². The summed E-state index contributed by atoms with van der Waals surface area (Å²) in [5.74, 6) is -0.522. The first-order valence-corrected chi connectivity index (χ1v) is 9.53. The fraction of sp³-hybridized carbons (Fsp3) is 0.364. The summed E-state index contributed by atoms with van der Waals surface area (Å²) >= 11 is 0. The number of anilines is 1. The van der Waals surface area contributed by atoms with Crippen LogP contribution < -0.4 is 5.32 Å². The van der Waals surface area contributed by atoms with Gasteiger partial charge in [-0.25, -0.2) is 0 Å². The summed E-state index contributed by atoms with van der Waals surface area (Å²) in [5.41, 5.74) is 2.20. The number of ether oxygens (including phenoxy) is 1. The van der Waals surface area contributed by atoms with Crippen LogP contribution in [0.3, 0.4) is 0 Å². The molecular weight excluding hydrogens is 356 g/mol. The molecule has 3 aliphatic rings. The van der Waals surface area contributed by atoms with Gasteiger partial charge in [0.25, 0.3) is 0 Å². The number of likely N-dealkylation sites (tertiary alicyclic amines) is 1. The highest BCUT2D eigenvalue weighted by Gasteiger charge is 2.66. The van der Waals surface area contributed by atoms with Crippen molar-refractivity contribution in [3.8, 4) is 0 Å². The van der Waals surface area contributed by atoms with Gasteiger partial charge in [0.05, 0.1) is 37.3 Å². The quantitative estimate of drug-likeness (QED) is 0.831. The summed E-state index contributed by atoms with van der Waals surface area (Å²) in [6.45, 7) is 4.82. The molecule has 1 aromatic carbocycles. The van der Waals surface area contributed by atoms with Gasteiger partial charge in [-0.15, -0.1) is 0 Å². The number of nitrogens with zero attached hydrogens (tertiary/aromatic N) is 1. The average molecular weight is 378 g/mol. The van der Waals surface area contributed by atoms with Crippen LogP contribution in [0.25, 0.3) is 0 Å². The molecule has 6 heteroatoms. The zero-order chi connectivity index (χ0) is 19.5. The van der Waals surface area contributed by atoms with Gasteiger partial charge in [0, 0.05) is 5.69 Å². The normalized spacial score (nSPS) is 30.1. The molecule has 0 unspecified atom stereocenters. The van der Waals surface area contributed by atoms with Crippen LogP contribution in [0, 0.1) is 25.7 Å². The van der Waals surface area contributed by atoms with Gasteiger partial charge < -0.3 is 19.4 Å². The predicted molar refractivity (Wildman–Crippen MR) is 102 cm³/mol. The monoisotopic (exact) mass is 378 g/mol. The number of nitrogens with one attached hydrogen (secondary N) is 1. The first-order valence-electron chi connectivity index (χ1n) is 9.53. The molecule has 1 N–H and O–H groups in total. The highest BCUT2D eigenvalue weighted by Crippen LogP contribution is 2.52. The van der Waals surface area contributed by atoms with Gasteiger partial charge in [0.15, 0.2) is 0 Å². The Morgan fingerprint density at radius 1 is 1.29 bits per heavy atom. The minimum atomic E-state index is -0.709. The predicted octanol–water partition coefficient (Wildman–Crippen LogP) is 2.82. The van der Waals surface area contributed by atoms with E-state index in [0.29, 0.717) is 13.1 Å². The Balaban J connectivity index is 1.39. The third-order valence-corrected chi connectivity index (χ3v) is 5.90. The van der Waals surface area contributed by atoms with Crippen molar-refractivity contribution in [2.75, 3.05) is 11.9 Å². The molecule has 4 atom stereocenters. The molecule has 144 valence electrons. The van der Waals surface area contributed by atoms with Gasteiger partial charge in [-0.2, -0.15) is 0 Å². The standard InChI is InChI=1S/C22H22N2O4/c1-13-8-14(2)10-15(9-13)23-20(25)18-17-5-6-22(28-17)12-24(21(26)19(18)22)11-16-4-3-7-27-16/h3-10,17-19H,11-12H2,1-2H3,(H,23,25)/t17-,18+,19-,22+/m1/s1. The Morgan fingerprint density at radius 3 is 2.79 bits per heavy atom. The molecule has 6 nitrogen and oxygen atoms in total. The highest BCUT2D eigenvalue weighted by atomic mass is 16.5. The number of hydrogen-bond donors (Lipinski definition) is 1. The fourth-order valence-electron chi connectivity index (χ4n) is 4.87. The Hall–Kier alpha value is -2.86. The van der Waals surface area contributed by atoms with E-state index in [4.69, 9.17) is 9.15 Å². The lowest BCUT2D eigenvalue weighted by Crippen LogP contribution is -2.41. The van der Waals surface area contributed by atoms with Crippen LogP contribution in [0.5, 0.6) is 0 Å². The minimum absolute atomic E-state index is 0.0520. The van der Waals surface area contributed by atoms with Crippen molar-refractivity contribution in [2.24, 2.45) is 11.8 Å². The molecular formula is C22H22N2O4. The fourth-order valence-corrected chi connectivity index (χ4v) is 4.87. The largest absolute Gasteiger partial charge is 0.467 e. The molecule has 2 amide bonds. The number of aryl methyl sites for hydroxylation is 2. The lowest BCUT2D eigenvalue weighted by molar-refractivity contribution is -0.136. The van der Waals surface area contributed by atoms with Gasteiger partial charge in [-0.3, -0.25) is 9.59 Å². The summed E-state index contributed by atoms with van der Waals surface area (Å²) in [6, 6.07) is 9.57. The van der Waals surface area contributed by atoms with E-state index < -0.39 is 17.4 Å². The second kappa shape index (κ2) is 6.07.